The van der Waals surface area contributed by atoms with Crippen LogP contribution in [-0.2, 0) is 0 Å². The Bertz CT molecular complexity index is 207. The molecule has 2 heteroatoms. The van der Waals surface area contributed by atoms with Crippen molar-refractivity contribution in [3.05, 3.63) is 12.3 Å². The standard InChI is InChI=1S/C15H28N2/c16-12-7-13-17(14-8-3-1-4-9-14)15-10-5-2-6-11-15/h7,13-15H,1-6,8-12,16H2. The summed E-state index contributed by atoms with van der Waals surface area (Å²) in [5.41, 5.74) is 5.62. The van der Waals surface area contributed by atoms with Gasteiger partial charge in [0.05, 0.1) is 0 Å². The molecule has 0 unspecified atom stereocenters. The Hall–Kier alpha value is -0.500. The third kappa shape index (κ3) is 3.74. The van der Waals surface area contributed by atoms with Crippen molar-refractivity contribution in [1.29, 1.82) is 0 Å². The van der Waals surface area contributed by atoms with E-state index in [1.165, 1.54) is 64.2 Å². The second-order valence-electron chi connectivity index (χ2n) is 5.65. The highest BCUT2D eigenvalue weighted by molar-refractivity contribution is 4.93. The average molecular weight is 236 g/mol. The molecule has 0 aromatic heterocycles. The molecule has 17 heavy (non-hydrogen) atoms. The number of nitrogens with zero attached hydrogens (tertiary/aromatic N) is 1. The van der Waals surface area contributed by atoms with Crippen LogP contribution in [0.25, 0.3) is 0 Å². The maximum atomic E-state index is 5.62. The van der Waals surface area contributed by atoms with Gasteiger partial charge in [-0.05, 0) is 31.9 Å². The van der Waals surface area contributed by atoms with E-state index >= 15 is 0 Å². The molecule has 2 aliphatic rings. The lowest BCUT2D eigenvalue weighted by atomic mass is 9.89. The van der Waals surface area contributed by atoms with Crippen molar-refractivity contribution in [3.63, 3.8) is 0 Å². The summed E-state index contributed by atoms with van der Waals surface area (Å²) >= 11 is 0. The van der Waals surface area contributed by atoms with Crippen molar-refractivity contribution in [3.8, 4) is 0 Å². The Balaban J connectivity index is 1.97. The highest BCUT2D eigenvalue weighted by Gasteiger charge is 2.26. The topological polar surface area (TPSA) is 29.3 Å². The Morgan fingerprint density at radius 1 is 0.824 bits per heavy atom. The van der Waals surface area contributed by atoms with Crippen molar-refractivity contribution >= 4 is 0 Å². The van der Waals surface area contributed by atoms with Gasteiger partial charge in [0.25, 0.3) is 0 Å². The largest absolute Gasteiger partial charge is 0.372 e. The van der Waals surface area contributed by atoms with E-state index in [-0.39, 0.29) is 0 Å². The second-order valence-corrected chi connectivity index (χ2v) is 5.65. The van der Waals surface area contributed by atoms with E-state index < -0.39 is 0 Å². The number of nitrogens with two attached hydrogens (primary N) is 1. The summed E-state index contributed by atoms with van der Waals surface area (Å²) in [5, 5.41) is 0. The molecule has 0 radical (unpaired) electrons. The first-order valence-electron chi connectivity index (χ1n) is 7.56. The van der Waals surface area contributed by atoms with Crippen molar-refractivity contribution < 1.29 is 0 Å². The van der Waals surface area contributed by atoms with Gasteiger partial charge in [-0.1, -0.05) is 44.6 Å². The Labute approximate surface area is 106 Å². The molecular weight excluding hydrogens is 208 g/mol. The van der Waals surface area contributed by atoms with Crippen LogP contribution in [0.5, 0.6) is 0 Å². The number of hydrogen-bond donors (Lipinski definition) is 1. The fraction of sp³-hybridized carbons (Fsp3) is 0.867. The van der Waals surface area contributed by atoms with Gasteiger partial charge in [-0.2, -0.15) is 0 Å². The molecule has 0 atom stereocenters. The Morgan fingerprint density at radius 3 is 1.71 bits per heavy atom. The molecule has 0 aliphatic heterocycles. The molecule has 0 aromatic carbocycles. The van der Waals surface area contributed by atoms with Crippen molar-refractivity contribution in [1.82, 2.24) is 4.90 Å². The van der Waals surface area contributed by atoms with Crippen molar-refractivity contribution in [2.75, 3.05) is 6.54 Å². The lowest BCUT2D eigenvalue weighted by Gasteiger charge is -2.41. The molecule has 0 aromatic rings. The van der Waals surface area contributed by atoms with Crippen LogP contribution in [0, 0.1) is 0 Å². The second kappa shape index (κ2) is 7.05. The van der Waals surface area contributed by atoms with Gasteiger partial charge in [0, 0.05) is 18.6 Å². The number of rotatable bonds is 4. The molecule has 2 rings (SSSR count). The van der Waals surface area contributed by atoms with Crippen LogP contribution < -0.4 is 5.73 Å². The zero-order chi connectivity index (χ0) is 11.9. The predicted molar refractivity (Wildman–Crippen MR) is 73.8 cm³/mol. The smallest absolute Gasteiger partial charge is 0.0287 e. The van der Waals surface area contributed by atoms with Crippen LogP contribution in [0.2, 0.25) is 0 Å². The van der Waals surface area contributed by atoms with Crippen LogP contribution in [0.3, 0.4) is 0 Å². The third-order valence-corrected chi connectivity index (χ3v) is 4.41. The molecular formula is C15H28N2. The van der Waals surface area contributed by atoms with Crippen LogP contribution >= 0.6 is 0 Å². The minimum atomic E-state index is 0.677. The molecule has 0 heterocycles. The van der Waals surface area contributed by atoms with Crippen LogP contribution in [0.1, 0.15) is 64.2 Å². The summed E-state index contributed by atoms with van der Waals surface area (Å²) in [5.74, 6) is 0. The predicted octanol–water partition coefficient (Wildman–Crippen LogP) is 3.43. The van der Waals surface area contributed by atoms with E-state index in [0.29, 0.717) is 6.54 Å². The van der Waals surface area contributed by atoms with E-state index in [1.807, 2.05) is 0 Å². The van der Waals surface area contributed by atoms with E-state index in [2.05, 4.69) is 17.2 Å². The summed E-state index contributed by atoms with van der Waals surface area (Å²) in [4.78, 5) is 2.67. The quantitative estimate of drug-likeness (QED) is 0.810. The normalized spacial score (nSPS) is 24.3. The molecule has 2 saturated carbocycles. The van der Waals surface area contributed by atoms with Crippen LogP contribution in [-0.4, -0.2) is 23.5 Å². The van der Waals surface area contributed by atoms with Gasteiger partial charge in [0.15, 0.2) is 0 Å². The maximum absolute atomic E-state index is 5.62. The van der Waals surface area contributed by atoms with Crippen LogP contribution in [0.15, 0.2) is 12.3 Å². The highest BCUT2D eigenvalue weighted by Crippen LogP contribution is 2.30. The van der Waals surface area contributed by atoms with Gasteiger partial charge in [0.2, 0.25) is 0 Å². The van der Waals surface area contributed by atoms with E-state index in [9.17, 15) is 0 Å². The Kier molecular flexibility index (Phi) is 5.37. The fourth-order valence-electron chi connectivity index (χ4n) is 3.48. The maximum Gasteiger partial charge on any atom is 0.0287 e. The summed E-state index contributed by atoms with van der Waals surface area (Å²) in [6.07, 6.45) is 18.6. The van der Waals surface area contributed by atoms with Gasteiger partial charge >= 0.3 is 0 Å². The van der Waals surface area contributed by atoms with Gasteiger partial charge < -0.3 is 10.6 Å². The molecule has 2 nitrogen and oxygen atoms in total. The van der Waals surface area contributed by atoms with E-state index in [4.69, 9.17) is 5.73 Å². The van der Waals surface area contributed by atoms with Gasteiger partial charge in [-0.25, -0.2) is 0 Å². The van der Waals surface area contributed by atoms with Crippen molar-refractivity contribution in [2.45, 2.75) is 76.3 Å². The van der Waals surface area contributed by atoms with Crippen LogP contribution in [0.4, 0.5) is 0 Å². The summed E-state index contributed by atoms with van der Waals surface area (Å²) in [6, 6.07) is 1.60. The van der Waals surface area contributed by atoms with Gasteiger partial charge in [-0.3, -0.25) is 0 Å². The van der Waals surface area contributed by atoms with Gasteiger partial charge in [-0.15, -0.1) is 0 Å². The lowest BCUT2D eigenvalue weighted by Crippen LogP contribution is -2.41. The zero-order valence-corrected chi connectivity index (χ0v) is 11.1. The average Bonchev–Trinajstić information content (AvgIpc) is 2.42. The molecule has 2 fully saturated rings. The molecule has 0 bridgehead atoms. The van der Waals surface area contributed by atoms with E-state index in [0.717, 1.165) is 12.1 Å². The summed E-state index contributed by atoms with van der Waals surface area (Å²) < 4.78 is 0. The number of hydrogen-bond acceptors (Lipinski definition) is 2. The third-order valence-electron chi connectivity index (χ3n) is 4.41. The summed E-state index contributed by atoms with van der Waals surface area (Å²) in [6.45, 7) is 0.677. The Morgan fingerprint density at radius 2 is 1.29 bits per heavy atom. The molecule has 0 amide bonds. The first-order valence-corrected chi connectivity index (χ1v) is 7.56. The lowest BCUT2D eigenvalue weighted by molar-refractivity contribution is 0.133. The van der Waals surface area contributed by atoms with Crippen molar-refractivity contribution in [2.24, 2.45) is 5.73 Å². The monoisotopic (exact) mass is 236 g/mol. The highest BCUT2D eigenvalue weighted by atomic mass is 15.2. The van der Waals surface area contributed by atoms with Gasteiger partial charge in [0.1, 0.15) is 0 Å². The summed E-state index contributed by atoms with van der Waals surface area (Å²) in [7, 11) is 0. The molecule has 0 spiro atoms. The molecule has 2 N–H and O–H groups in total. The minimum Gasteiger partial charge on any atom is -0.372 e. The minimum absolute atomic E-state index is 0.677. The fourth-order valence-corrected chi connectivity index (χ4v) is 3.48. The zero-order valence-electron chi connectivity index (χ0n) is 11.1. The molecule has 2 aliphatic carbocycles. The first-order chi connectivity index (χ1) is 8.42. The molecule has 0 saturated heterocycles. The van der Waals surface area contributed by atoms with E-state index in [1.54, 1.807) is 0 Å². The SMILES string of the molecule is NCC=CN(C1CCCCC1)C1CCCCC1. The molecule has 98 valence electrons. The first kappa shape index (κ1) is 12.9.